The molecule has 162 valence electrons. The van der Waals surface area contributed by atoms with E-state index in [4.69, 9.17) is 4.52 Å². The molecule has 0 fully saturated rings. The van der Waals surface area contributed by atoms with Gasteiger partial charge in [0.1, 0.15) is 11.6 Å². The van der Waals surface area contributed by atoms with Crippen LogP contribution in [0.25, 0.3) is 11.3 Å². The molecule has 0 aliphatic carbocycles. The van der Waals surface area contributed by atoms with E-state index in [-0.39, 0.29) is 22.3 Å². The van der Waals surface area contributed by atoms with Gasteiger partial charge in [-0.2, -0.15) is 0 Å². The van der Waals surface area contributed by atoms with E-state index in [2.05, 4.69) is 26.0 Å². The fourth-order valence-electron chi connectivity index (χ4n) is 2.50. The number of halogens is 2. The third kappa shape index (κ3) is 5.34. The van der Waals surface area contributed by atoms with Crippen molar-refractivity contribution >= 4 is 45.7 Å². The number of benzene rings is 2. The number of hydrogen-bond donors (Lipinski definition) is 2. The van der Waals surface area contributed by atoms with Crippen LogP contribution in [0.2, 0.25) is 0 Å². The molecule has 0 unspecified atom stereocenters. The number of hydrogen-bond acceptors (Lipinski definition) is 8. The first kappa shape index (κ1) is 21.6. The Kier molecular flexibility index (Phi) is 6.52. The third-order valence-electron chi connectivity index (χ3n) is 3.96. The lowest BCUT2D eigenvalue weighted by Crippen LogP contribution is -2.15. The van der Waals surface area contributed by atoms with Crippen molar-refractivity contribution in [2.45, 2.75) is 4.34 Å². The molecule has 0 aliphatic rings. The minimum atomic E-state index is -0.868. The van der Waals surface area contributed by atoms with Crippen molar-refractivity contribution in [1.29, 1.82) is 0 Å². The highest BCUT2D eigenvalue weighted by molar-refractivity contribution is 8.01. The summed E-state index contributed by atoms with van der Waals surface area (Å²) in [5.41, 5.74) is 0.742. The molecule has 0 bridgehead atoms. The quantitative estimate of drug-likeness (QED) is 0.301. The van der Waals surface area contributed by atoms with Gasteiger partial charge in [-0.05, 0) is 12.1 Å². The smallest absolute Gasteiger partial charge is 0.279 e. The zero-order valence-corrected chi connectivity index (χ0v) is 17.7. The fourth-order valence-corrected chi connectivity index (χ4v) is 4.05. The molecule has 12 heteroatoms. The van der Waals surface area contributed by atoms with E-state index in [1.807, 2.05) is 30.3 Å². The molecule has 2 N–H and O–H groups in total. The summed E-state index contributed by atoms with van der Waals surface area (Å²) < 4.78 is 32.1. The van der Waals surface area contributed by atoms with Crippen molar-refractivity contribution in [2.75, 3.05) is 16.4 Å². The largest absolute Gasteiger partial charge is 0.355 e. The second kappa shape index (κ2) is 9.66. The first-order chi connectivity index (χ1) is 15.5. The van der Waals surface area contributed by atoms with Crippen LogP contribution in [-0.2, 0) is 4.79 Å². The highest BCUT2D eigenvalue weighted by Gasteiger charge is 2.17. The summed E-state index contributed by atoms with van der Waals surface area (Å²) in [5, 5.41) is 16.6. The van der Waals surface area contributed by atoms with Gasteiger partial charge in [0.2, 0.25) is 11.0 Å². The van der Waals surface area contributed by atoms with Crippen molar-refractivity contribution in [3.63, 3.8) is 0 Å². The van der Waals surface area contributed by atoms with Crippen molar-refractivity contribution < 1.29 is 22.9 Å². The molecule has 2 aromatic heterocycles. The molecule has 2 aromatic carbocycles. The normalized spacial score (nSPS) is 10.7. The van der Waals surface area contributed by atoms with Crippen molar-refractivity contribution in [1.82, 2.24) is 15.4 Å². The Morgan fingerprint density at radius 2 is 1.84 bits per heavy atom. The Labute approximate surface area is 188 Å². The van der Waals surface area contributed by atoms with Gasteiger partial charge in [0.05, 0.1) is 11.4 Å². The van der Waals surface area contributed by atoms with E-state index in [0.29, 0.717) is 16.2 Å². The van der Waals surface area contributed by atoms with Gasteiger partial charge in [0.25, 0.3) is 5.91 Å². The molecule has 0 saturated heterocycles. The second-order valence-corrected chi connectivity index (χ2v) is 8.43. The van der Waals surface area contributed by atoms with Gasteiger partial charge in [0.15, 0.2) is 15.8 Å². The lowest BCUT2D eigenvalue weighted by molar-refractivity contribution is -0.113. The summed E-state index contributed by atoms with van der Waals surface area (Å²) in [6.45, 7) is 0. The van der Waals surface area contributed by atoms with E-state index in [1.165, 1.54) is 6.07 Å². The lowest BCUT2D eigenvalue weighted by atomic mass is 10.1. The van der Waals surface area contributed by atoms with Gasteiger partial charge in [-0.1, -0.05) is 58.6 Å². The summed E-state index contributed by atoms with van der Waals surface area (Å²) in [4.78, 5) is 24.4. The summed E-state index contributed by atoms with van der Waals surface area (Å²) in [6.07, 6.45) is 0. The van der Waals surface area contributed by atoms with Crippen molar-refractivity contribution in [2.24, 2.45) is 0 Å². The van der Waals surface area contributed by atoms with Gasteiger partial charge in [-0.3, -0.25) is 14.9 Å². The van der Waals surface area contributed by atoms with Crippen LogP contribution in [0.15, 0.2) is 63.5 Å². The van der Waals surface area contributed by atoms with Crippen LogP contribution in [0.5, 0.6) is 0 Å². The SMILES string of the molecule is O=C(CSc1nnc(NC(=O)c2cc(-c3ccccc3)on2)s1)Nc1ccc(F)cc1F. The van der Waals surface area contributed by atoms with Gasteiger partial charge >= 0.3 is 0 Å². The van der Waals surface area contributed by atoms with Crippen LogP contribution >= 0.6 is 23.1 Å². The molecule has 0 radical (unpaired) electrons. The standard InChI is InChI=1S/C20H13F2N5O3S2/c21-12-6-7-14(13(22)8-12)23-17(28)10-31-20-26-25-19(32-20)24-18(29)15-9-16(30-27-15)11-4-2-1-3-5-11/h1-9H,10H2,(H,23,28)(H,24,25,29). The Hall–Kier alpha value is -3.64. The van der Waals surface area contributed by atoms with Gasteiger partial charge in [0, 0.05) is 17.7 Å². The van der Waals surface area contributed by atoms with Crippen LogP contribution in [0, 0.1) is 11.6 Å². The number of thioether (sulfide) groups is 1. The Bertz CT molecular complexity index is 1260. The van der Waals surface area contributed by atoms with Crippen LogP contribution in [0.4, 0.5) is 19.6 Å². The number of carbonyl (C=O) groups excluding carboxylic acids is 2. The Morgan fingerprint density at radius 3 is 2.62 bits per heavy atom. The summed E-state index contributed by atoms with van der Waals surface area (Å²) in [6, 6.07) is 13.6. The molecule has 0 saturated carbocycles. The zero-order valence-electron chi connectivity index (χ0n) is 16.0. The summed E-state index contributed by atoms with van der Waals surface area (Å²) in [5.74, 6) is -2.26. The average molecular weight is 473 g/mol. The summed E-state index contributed by atoms with van der Waals surface area (Å²) in [7, 11) is 0. The molecule has 0 spiro atoms. The van der Waals surface area contributed by atoms with Crippen LogP contribution in [0.3, 0.4) is 0 Å². The average Bonchev–Trinajstić information content (AvgIpc) is 3.45. The van der Waals surface area contributed by atoms with E-state index in [1.54, 1.807) is 0 Å². The molecule has 4 aromatic rings. The maximum atomic E-state index is 13.6. The highest BCUT2D eigenvalue weighted by Crippen LogP contribution is 2.27. The highest BCUT2D eigenvalue weighted by atomic mass is 32.2. The number of aromatic nitrogens is 3. The first-order valence-electron chi connectivity index (χ1n) is 9.02. The van der Waals surface area contributed by atoms with Crippen LogP contribution in [0.1, 0.15) is 10.5 Å². The number of nitrogens with zero attached hydrogens (tertiary/aromatic N) is 3. The minimum Gasteiger partial charge on any atom is -0.355 e. The maximum Gasteiger partial charge on any atom is 0.279 e. The van der Waals surface area contributed by atoms with E-state index in [9.17, 15) is 18.4 Å². The number of anilines is 2. The van der Waals surface area contributed by atoms with Crippen LogP contribution < -0.4 is 10.6 Å². The fraction of sp³-hybridized carbons (Fsp3) is 0.0500. The maximum absolute atomic E-state index is 13.6. The lowest BCUT2D eigenvalue weighted by Gasteiger charge is -2.05. The third-order valence-corrected chi connectivity index (χ3v) is 5.93. The van der Waals surface area contributed by atoms with Crippen LogP contribution in [-0.4, -0.2) is 32.9 Å². The molecule has 0 aliphatic heterocycles. The van der Waals surface area contributed by atoms with Crippen molar-refractivity contribution in [3.8, 4) is 11.3 Å². The topological polar surface area (TPSA) is 110 Å². The molecule has 4 rings (SSSR count). The Morgan fingerprint density at radius 1 is 1.03 bits per heavy atom. The monoisotopic (exact) mass is 473 g/mol. The van der Waals surface area contributed by atoms with E-state index < -0.39 is 23.4 Å². The Balaban J connectivity index is 1.30. The van der Waals surface area contributed by atoms with E-state index >= 15 is 0 Å². The number of nitrogens with one attached hydrogen (secondary N) is 2. The zero-order chi connectivity index (χ0) is 22.5. The second-order valence-electron chi connectivity index (χ2n) is 6.23. The van der Waals surface area contributed by atoms with Gasteiger partial charge < -0.3 is 9.84 Å². The predicted octanol–water partition coefficient (Wildman–Crippen LogP) is 4.45. The molecule has 2 amide bonds. The van der Waals surface area contributed by atoms with Gasteiger partial charge in [-0.15, -0.1) is 10.2 Å². The van der Waals surface area contributed by atoms with Gasteiger partial charge in [-0.25, -0.2) is 8.78 Å². The molecule has 32 heavy (non-hydrogen) atoms. The molecule has 2 heterocycles. The van der Waals surface area contributed by atoms with E-state index in [0.717, 1.165) is 40.8 Å². The molecule has 0 atom stereocenters. The number of carbonyl (C=O) groups is 2. The number of amides is 2. The molecular formula is C20H13F2N5O3S2. The summed E-state index contributed by atoms with van der Waals surface area (Å²) >= 11 is 2.11. The number of rotatable bonds is 7. The molecular weight excluding hydrogens is 460 g/mol. The first-order valence-corrected chi connectivity index (χ1v) is 10.8. The minimum absolute atomic E-state index is 0.0777. The predicted molar refractivity (Wildman–Crippen MR) is 116 cm³/mol. The van der Waals surface area contributed by atoms with Crippen molar-refractivity contribution in [3.05, 3.63) is 71.9 Å². The molecule has 8 nitrogen and oxygen atoms in total.